The lowest BCUT2D eigenvalue weighted by atomic mass is 9.78. The Bertz CT molecular complexity index is 405. The van der Waals surface area contributed by atoms with Crippen molar-refractivity contribution in [2.24, 2.45) is 5.73 Å². The van der Waals surface area contributed by atoms with Crippen molar-refractivity contribution in [3.63, 3.8) is 0 Å². The number of nitrogens with two attached hydrogens (primary N) is 1. The summed E-state index contributed by atoms with van der Waals surface area (Å²) in [5.74, 6) is -0.243. The highest BCUT2D eigenvalue weighted by Crippen LogP contribution is 2.40. The highest BCUT2D eigenvalue weighted by Gasteiger charge is 2.53. The Labute approximate surface area is 115 Å². The van der Waals surface area contributed by atoms with Crippen LogP contribution in [0, 0.1) is 0 Å². The molecule has 1 aromatic heterocycles. The van der Waals surface area contributed by atoms with E-state index < -0.39 is 0 Å². The van der Waals surface area contributed by atoms with Crippen molar-refractivity contribution in [2.75, 3.05) is 0 Å². The third-order valence-corrected chi connectivity index (χ3v) is 5.21. The summed E-state index contributed by atoms with van der Waals surface area (Å²) in [7, 11) is -0.384. The van der Waals surface area contributed by atoms with Crippen LogP contribution in [0.4, 0.5) is 0 Å². The molecule has 0 unspecified atom stereocenters. The summed E-state index contributed by atoms with van der Waals surface area (Å²) in [4.78, 5) is 1.07. The first kappa shape index (κ1) is 13.6. The molecule has 0 aromatic carbocycles. The number of rotatable bonds is 2. The van der Waals surface area contributed by atoms with Crippen molar-refractivity contribution in [3.05, 3.63) is 20.8 Å². The van der Waals surface area contributed by atoms with Crippen LogP contribution in [0.15, 0.2) is 15.9 Å². The van der Waals surface area contributed by atoms with Crippen LogP contribution in [0.3, 0.4) is 0 Å². The molecule has 1 aliphatic heterocycles. The molecule has 94 valence electrons. The molecule has 0 saturated carbocycles. The molecule has 0 amide bonds. The van der Waals surface area contributed by atoms with E-state index in [1.165, 1.54) is 0 Å². The second kappa shape index (κ2) is 4.35. The molecule has 1 saturated heterocycles. The van der Waals surface area contributed by atoms with E-state index in [0.29, 0.717) is 0 Å². The van der Waals surface area contributed by atoms with Crippen molar-refractivity contribution < 1.29 is 9.31 Å². The zero-order chi connectivity index (χ0) is 12.8. The van der Waals surface area contributed by atoms with Crippen LogP contribution in [0.1, 0.15) is 38.5 Å². The zero-order valence-electron chi connectivity index (χ0n) is 10.5. The quantitative estimate of drug-likeness (QED) is 0.852. The molecule has 17 heavy (non-hydrogen) atoms. The van der Waals surface area contributed by atoms with Gasteiger partial charge in [-0.05, 0) is 55.8 Å². The molecule has 1 fully saturated rings. The number of hydrogen-bond acceptors (Lipinski definition) is 4. The van der Waals surface area contributed by atoms with Gasteiger partial charge < -0.3 is 15.0 Å². The van der Waals surface area contributed by atoms with Crippen LogP contribution >= 0.6 is 27.3 Å². The lowest BCUT2D eigenvalue weighted by molar-refractivity contribution is 0.00578. The van der Waals surface area contributed by atoms with E-state index in [1.54, 1.807) is 11.3 Å². The van der Waals surface area contributed by atoms with E-state index in [-0.39, 0.29) is 24.3 Å². The number of hydrogen-bond donors (Lipinski definition) is 1. The van der Waals surface area contributed by atoms with Crippen molar-refractivity contribution in [2.45, 2.75) is 44.8 Å². The van der Waals surface area contributed by atoms with Crippen molar-refractivity contribution in [1.82, 2.24) is 0 Å². The van der Waals surface area contributed by atoms with Crippen molar-refractivity contribution in [1.29, 1.82) is 0 Å². The molecule has 0 spiro atoms. The van der Waals surface area contributed by atoms with Gasteiger partial charge in [0.2, 0.25) is 0 Å². The molecule has 0 aliphatic carbocycles. The van der Waals surface area contributed by atoms with Gasteiger partial charge in [-0.3, -0.25) is 0 Å². The van der Waals surface area contributed by atoms with Gasteiger partial charge in [0.05, 0.1) is 20.9 Å². The van der Waals surface area contributed by atoms with Gasteiger partial charge in [-0.25, -0.2) is 0 Å². The van der Waals surface area contributed by atoms with Crippen LogP contribution in [0.25, 0.3) is 0 Å². The fourth-order valence-corrected chi connectivity index (χ4v) is 3.11. The molecule has 0 radical (unpaired) electrons. The van der Waals surface area contributed by atoms with Gasteiger partial charge in [0.1, 0.15) is 0 Å². The van der Waals surface area contributed by atoms with Crippen LogP contribution in [-0.4, -0.2) is 18.3 Å². The first-order valence-corrected chi connectivity index (χ1v) is 7.20. The van der Waals surface area contributed by atoms with E-state index in [2.05, 4.69) is 15.9 Å². The van der Waals surface area contributed by atoms with Gasteiger partial charge in [-0.1, -0.05) is 0 Å². The SMILES string of the molecule is CC1(C)OB([C@@H](N)c2ccc(Br)s2)OC1(C)C. The first-order valence-electron chi connectivity index (χ1n) is 5.59. The molecule has 1 aliphatic rings. The van der Waals surface area contributed by atoms with Gasteiger partial charge in [-0.15, -0.1) is 11.3 Å². The fourth-order valence-electron chi connectivity index (χ4n) is 1.68. The predicted molar refractivity (Wildman–Crippen MR) is 75.0 cm³/mol. The Morgan fingerprint density at radius 2 is 1.76 bits per heavy atom. The van der Waals surface area contributed by atoms with Crippen LogP contribution < -0.4 is 5.73 Å². The standard InChI is InChI=1S/C11H17BBrNO2S/c1-10(2)11(3,4)16-12(15-10)9(14)7-5-6-8(13)17-7/h5-6,9H,14H2,1-4H3/t9-/m0/s1. The van der Waals surface area contributed by atoms with Gasteiger partial charge >= 0.3 is 7.12 Å². The lowest BCUT2D eigenvalue weighted by Crippen LogP contribution is -2.41. The summed E-state index contributed by atoms with van der Waals surface area (Å²) >= 11 is 5.05. The Balaban J connectivity index is 2.16. The summed E-state index contributed by atoms with van der Waals surface area (Å²) in [6.45, 7) is 8.13. The molecule has 0 bridgehead atoms. The monoisotopic (exact) mass is 317 g/mol. The molecular formula is C11H17BBrNO2S. The summed E-state index contributed by atoms with van der Waals surface area (Å²) in [6.07, 6.45) is 0. The van der Waals surface area contributed by atoms with Gasteiger partial charge in [0.25, 0.3) is 0 Å². The highest BCUT2D eigenvalue weighted by atomic mass is 79.9. The minimum Gasteiger partial charge on any atom is -0.402 e. The maximum absolute atomic E-state index is 6.20. The van der Waals surface area contributed by atoms with Gasteiger partial charge in [0.15, 0.2) is 0 Å². The topological polar surface area (TPSA) is 44.5 Å². The van der Waals surface area contributed by atoms with E-state index in [1.807, 2.05) is 39.8 Å². The summed E-state index contributed by atoms with van der Waals surface area (Å²) in [5.41, 5.74) is 5.54. The second-order valence-electron chi connectivity index (χ2n) is 5.29. The second-order valence-corrected chi connectivity index (χ2v) is 7.79. The average Bonchev–Trinajstić information content (AvgIpc) is 2.69. The normalized spacial score (nSPS) is 24.0. The summed E-state index contributed by atoms with van der Waals surface area (Å²) < 4.78 is 12.9. The predicted octanol–water partition coefficient (Wildman–Crippen LogP) is 3.14. The molecule has 2 rings (SSSR count). The minimum atomic E-state index is -0.384. The van der Waals surface area contributed by atoms with Crippen LogP contribution in [-0.2, 0) is 9.31 Å². The maximum atomic E-state index is 6.20. The van der Waals surface area contributed by atoms with Gasteiger partial charge in [-0.2, -0.15) is 0 Å². The third-order valence-electron chi connectivity index (χ3n) is 3.49. The number of halogens is 1. The van der Waals surface area contributed by atoms with Crippen LogP contribution in [0.5, 0.6) is 0 Å². The molecule has 2 heterocycles. The van der Waals surface area contributed by atoms with Crippen LogP contribution in [0.2, 0.25) is 0 Å². The largest absolute Gasteiger partial charge is 0.481 e. The lowest BCUT2D eigenvalue weighted by Gasteiger charge is -2.32. The molecule has 3 nitrogen and oxygen atoms in total. The first-order chi connectivity index (χ1) is 7.73. The Hall–Kier alpha value is 0.125. The molecule has 1 atom stereocenters. The van der Waals surface area contributed by atoms with Crippen molar-refractivity contribution >= 4 is 34.4 Å². The van der Waals surface area contributed by atoms with E-state index in [4.69, 9.17) is 15.0 Å². The molecule has 1 aromatic rings. The highest BCUT2D eigenvalue weighted by molar-refractivity contribution is 9.11. The van der Waals surface area contributed by atoms with Gasteiger partial charge in [0, 0.05) is 4.88 Å². The average molecular weight is 318 g/mol. The Morgan fingerprint density at radius 3 is 2.18 bits per heavy atom. The zero-order valence-corrected chi connectivity index (χ0v) is 12.9. The van der Waals surface area contributed by atoms with Crippen molar-refractivity contribution in [3.8, 4) is 0 Å². The van der Waals surface area contributed by atoms with E-state index >= 15 is 0 Å². The smallest absolute Gasteiger partial charge is 0.402 e. The summed E-state index contributed by atoms with van der Waals surface area (Å²) in [6, 6.07) is 4.00. The van der Waals surface area contributed by atoms with E-state index in [0.717, 1.165) is 8.66 Å². The summed E-state index contributed by atoms with van der Waals surface area (Å²) in [5, 5.41) is 0. The Morgan fingerprint density at radius 1 is 1.24 bits per heavy atom. The Kier molecular flexibility index (Phi) is 3.47. The van der Waals surface area contributed by atoms with E-state index in [9.17, 15) is 0 Å². The minimum absolute atomic E-state index is 0.243. The molecule has 6 heteroatoms. The maximum Gasteiger partial charge on any atom is 0.481 e. The fraction of sp³-hybridized carbons (Fsp3) is 0.636. The molecule has 2 N–H and O–H groups in total. The number of thiophene rings is 1. The third kappa shape index (κ3) is 2.47. The molecular weight excluding hydrogens is 301 g/mol.